The maximum atomic E-state index is 12.5. The minimum atomic E-state index is -0.114. The topological polar surface area (TPSA) is 87.2 Å². The predicted molar refractivity (Wildman–Crippen MR) is 95.8 cm³/mol. The first kappa shape index (κ1) is 16.9. The fourth-order valence-electron chi connectivity index (χ4n) is 2.79. The number of benzene rings is 1. The van der Waals surface area contributed by atoms with Crippen LogP contribution >= 0.6 is 0 Å². The van der Waals surface area contributed by atoms with Crippen LogP contribution in [0.1, 0.15) is 36.7 Å². The molecule has 0 saturated carbocycles. The van der Waals surface area contributed by atoms with Crippen LogP contribution in [0.5, 0.6) is 0 Å². The molecule has 0 bridgehead atoms. The molecule has 25 heavy (non-hydrogen) atoms. The number of aromatic nitrogens is 2. The largest absolute Gasteiger partial charge is 0.340 e. The fraction of sp³-hybridized carbons (Fsp3) is 0.333. The first-order valence-corrected chi connectivity index (χ1v) is 8.38. The summed E-state index contributed by atoms with van der Waals surface area (Å²) in [5.41, 5.74) is 1.93. The van der Waals surface area contributed by atoms with Gasteiger partial charge in [-0.1, -0.05) is 0 Å². The van der Waals surface area contributed by atoms with Crippen LogP contribution in [0.4, 0.5) is 17.2 Å². The SMILES string of the molecule is CC(=O)Nc1ccc(Nc2cc(C(=O)N3CCCCC3)ncn2)cc1. The molecule has 1 aliphatic heterocycles. The van der Waals surface area contributed by atoms with Gasteiger partial charge in [0, 0.05) is 37.5 Å². The van der Waals surface area contributed by atoms with Gasteiger partial charge in [0.15, 0.2) is 0 Å². The van der Waals surface area contributed by atoms with Crippen molar-refractivity contribution in [2.45, 2.75) is 26.2 Å². The van der Waals surface area contributed by atoms with Crippen molar-refractivity contribution in [2.75, 3.05) is 23.7 Å². The lowest BCUT2D eigenvalue weighted by atomic mass is 10.1. The van der Waals surface area contributed by atoms with Gasteiger partial charge in [0.05, 0.1) is 0 Å². The standard InChI is InChI=1S/C18H21N5O2/c1-13(24)21-14-5-7-15(8-6-14)22-17-11-16(19-12-20-17)18(25)23-9-3-2-4-10-23/h5-8,11-12H,2-4,9-10H2,1H3,(H,21,24)(H,19,20,22). The van der Waals surface area contributed by atoms with E-state index in [0.29, 0.717) is 11.5 Å². The van der Waals surface area contributed by atoms with Crippen molar-refractivity contribution in [2.24, 2.45) is 0 Å². The lowest BCUT2D eigenvalue weighted by Crippen LogP contribution is -2.36. The third kappa shape index (κ3) is 4.53. The highest BCUT2D eigenvalue weighted by Crippen LogP contribution is 2.19. The number of hydrogen-bond acceptors (Lipinski definition) is 5. The Balaban J connectivity index is 1.68. The van der Waals surface area contributed by atoms with Crippen LogP contribution in [0.15, 0.2) is 36.7 Å². The molecular weight excluding hydrogens is 318 g/mol. The monoisotopic (exact) mass is 339 g/mol. The summed E-state index contributed by atoms with van der Waals surface area (Å²) in [4.78, 5) is 33.7. The zero-order chi connectivity index (χ0) is 17.6. The molecule has 2 amide bonds. The van der Waals surface area contributed by atoms with E-state index in [0.717, 1.165) is 37.3 Å². The molecule has 1 saturated heterocycles. The maximum Gasteiger partial charge on any atom is 0.272 e. The summed E-state index contributed by atoms with van der Waals surface area (Å²) in [7, 11) is 0. The van der Waals surface area contributed by atoms with Crippen LogP contribution in [-0.2, 0) is 4.79 Å². The van der Waals surface area contributed by atoms with Gasteiger partial charge in [-0.3, -0.25) is 9.59 Å². The van der Waals surface area contributed by atoms with Gasteiger partial charge in [-0.05, 0) is 43.5 Å². The zero-order valence-electron chi connectivity index (χ0n) is 14.2. The fourth-order valence-corrected chi connectivity index (χ4v) is 2.79. The third-order valence-corrected chi connectivity index (χ3v) is 4.01. The molecule has 0 unspecified atom stereocenters. The first-order valence-electron chi connectivity index (χ1n) is 8.38. The normalized spacial score (nSPS) is 14.0. The number of anilines is 3. The predicted octanol–water partition coefficient (Wildman–Crippen LogP) is 2.80. The number of carbonyl (C=O) groups is 2. The summed E-state index contributed by atoms with van der Waals surface area (Å²) in [6.45, 7) is 3.04. The van der Waals surface area contributed by atoms with E-state index in [9.17, 15) is 9.59 Å². The van der Waals surface area contributed by atoms with E-state index in [1.165, 1.54) is 19.7 Å². The van der Waals surface area contributed by atoms with Gasteiger partial charge in [-0.15, -0.1) is 0 Å². The molecule has 0 spiro atoms. The first-order chi connectivity index (χ1) is 12.1. The molecule has 2 heterocycles. The second-order valence-corrected chi connectivity index (χ2v) is 6.02. The number of amides is 2. The third-order valence-electron chi connectivity index (χ3n) is 4.01. The molecule has 130 valence electrons. The van der Waals surface area contributed by atoms with Crippen molar-refractivity contribution in [1.82, 2.24) is 14.9 Å². The van der Waals surface area contributed by atoms with Gasteiger partial charge < -0.3 is 15.5 Å². The van der Waals surface area contributed by atoms with Crippen molar-refractivity contribution in [1.29, 1.82) is 0 Å². The van der Waals surface area contributed by atoms with E-state index in [4.69, 9.17) is 0 Å². The van der Waals surface area contributed by atoms with Crippen LogP contribution < -0.4 is 10.6 Å². The highest BCUT2D eigenvalue weighted by molar-refractivity contribution is 5.93. The Morgan fingerprint density at radius 2 is 1.68 bits per heavy atom. The van der Waals surface area contributed by atoms with Gasteiger partial charge in [0.2, 0.25) is 5.91 Å². The molecule has 2 aromatic rings. The molecule has 0 radical (unpaired) electrons. The van der Waals surface area contributed by atoms with E-state index >= 15 is 0 Å². The smallest absolute Gasteiger partial charge is 0.272 e. The molecule has 1 aromatic carbocycles. The Labute approximate surface area is 146 Å². The minimum absolute atomic E-state index is 0.0499. The Kier molecular flexibility index (Phi) is 5.23. The summed E-state index contributed by atoms with van der Waals surface area (Å²) in [5.74, 6) is 0.395. The van der Waals surface area contributed by atoms with E-state index in [2.05, 4.69) is 20.6 Å². The molecule has 3 rings (SSSR count). The second kappa shape index (κ2) is 7.74. The number of likely N-dealkylation sites (tertiary alicyclic amines) is 1. The van der Waals surface area contributed by atoms with E-state index in [1.807, 2.05) is 17.0 Å². The van der Waals surface area contributed by atoms with E-state index < -0.39 is 0 Å². The molecule has 7 nitrogen and oxygen atoms in total. The summed E-state index contributed by atoms with van der Waals surface area (Å²) in [5, 5.41) is 5.86. The molecular formula is C18H21N5O2. The Hall–Kier alpha value is -2.96. The maximum absolute atomic E-state index is 12.5. The molecule has 1 aliphatic rings. The van der Waals surface area contributed by atoms with Crippen LogP contribution in [0.2, 0.25) is 0 Å². The number of nitrogens with one attached hydrogen (secondary N) is 2. The van der Waals surface area contributed by atoms with E-state index in [1.54, 1.807) is 18.2 Å². The van der Waals surface area contributed by atoms with Crippen molar-refractivity contribution in [3.63, 3.8) is 0 Å². The Morgan fingerprint density at radius 3 is 2.36 bits per heavy atom. The highest BCUT2D eigenvalue weighted by Gasteiger charge is 2.19. The van der Waals surface area contributed by atoms with Gasteiger partial charge in [0.25, 0.3) is 5.91 Å². The minimum Gasteiger partial charge on any atom is -0.340 e. The Bertz CT molecular complexity index is 754. The molecule has 0 aliphatic carbocycles. The van der Waals surface area contributed by atoms with E-state index in [-0.39, 0.29) is 11.8 Å². The van der Waals surface area contributed by atoms with Crippen LogP contribution in [0.25, 0.3) is 0 Å². The lowest BCUT2D eigenvalue weighted by Gasteiger charge is -2.26. The number of hydrogen-bond donors (Lipinski definition) is 2. The van der Waals surface area contributed by atoms with Crippen LogP contribution in [0.3, 0.4) is 0 Å². The average Bonchev–Trinajstić information content (AvgIpc) is 2.63. The molecule has 7 heteroatoms. The van der Waals surface area contributed by atoms with Crippen LogP contribution in [-0.4, -0.2) is 39.8 Å². The molecule has 0 atom stereocenters. The summed E-state index contributed by atoms with van der Waals surface area (Å²) < 4.78 is 0. The number of rotatable bonds is 4. The molecule has 1 fully saturated rings. The zero-order valence-corrected chi connectivity index (χ0v) is 14.2. The van der Waals surface area contributed by atoms with Crippen molar-refractivity contribution >= 4 is 29.0 Å². The molecule has 2 N–H and O–H groups in total. The van der Waals surface area contributed by atoms with Gasteiger partial charge in [0.1, 0.15) is 17.8 Å². The second-order valence-electron chi connectivity index (χ2n) is 6.02. The number of nitrogens with zero attached hydrogens (tertiary/aromatic N) is 3. The quantitative estimate of drug-likeness (QED) is 0.894. The van der Waals surface area contributed by atoms with Crippen LogP contribution in [0, 0.1) is 0 Å². The average molecular weight is 339 g/mol. The summed E-state index contributed by atoms with van der Waals surface area (Å²) in [6.07, 6.45) is 4.66. The van der Waals surface area contributed by atoms with Crippen molar-refractivity contribution in [3.8, 4) is 0 Å². The highest BCUT2D eigenvalue weighted by atomic mass is 16.2. The lowest BCUT2D eigenvalue weighted by molar-refractivity contribution is -0.114. The summed E-state index contributed by atoms with van der Waals surface area (Å²) in [6, 6.07) is 8.92. The van der Waals surface area contributed by atoms with Gasteiger partial charge >= 0.3 is 0 Å². The number of carbonyl (C=O) groups excluding carboxylic acids is 2. The van der Waals surface area contributed by atoms with Gasteiger partial charge in [-0.25, -0.2) is 9.97 Å². The van der Waals surface area contributed by atoms with Crippen molar-refractivity contribution in [3.05, 3.63) is 42.4 Å². The molecule has 1 aromatic heterocycles. The Morgan fingerprint density at radius 1 is 1.00 bits per heavy atom. The number of piperidine rings is 1. The van der Waals surface area contributed by atoms with Crippen molar-refractivity contribution < 1.29 is 9.59 Å². The summed E-state index contributed by atoms with van der Waals surface area (Å²) >= 11 is 0. The van der Waals surface area contributed by atoms with Gasteiger partial charge in [-0.2, -0.15) is 0 Å².